The lowest BCUT2D eigenvalue weighted by Gasteiger charge is -2.30. The van der Waals surface area contributed by atoms with E-state index in [1.54, 1.807) is 7.11 Å². The third kappa shape index (κ3) is 2.88. The molecule has 1 saturated heterocycles. The van der Waals surface area contributed by atoms with Crippen LogP contribution in [0.1, 0.15) is 37.5 Å². The second-order valence-corrected chi connectivity index (χ2v) is 6.53. The number of aromatic nitrogens is 2. The topological polar surface area (TPSA) is 68.5 Å². The number of methoxy groups -OCH3 is 1. The van der Waals surface area contributed by atoms with Crippen molar-refractivity contribution in [3.8, 4) is 17.1 Å². The number of likely N-dealkylation sites (tertiary alicyclic amines) is 1. The van der Waals surface area contributed by atoms with Crippen LogP contribution < -0.4 is 4.74 Å². The fourth-order valence-corrected chi connectivity index (χ4v) is 3.28. The summed E-state index contributed by atoms with van der Waals surface area (Å²) in [6, 6.07) is 7.64. The lowest BCUT2D eigenvalue weighted by Crippen LogP contribution is -2.38. The van der Waals surface area contributed by atoms with Gasteiger partial charge in [-0.2, -0.15) is 4.98 Å². The molecule has 2 heterocycles. The molecule has 1 aliphatic heterocycles. The molecule has 0 unspecified atom stereocenters. The smallest absolute Gasteiger partial charge is 0.230 e. The van der Waals surface area contributed by atoms with Crippen molar-refractivity contribution in [3.05, 3.63) is 30.2 Å². The number of carbonyl (C=O) groups excluding carboxylic acids is 1. The third-order valence-corrected chi connectivity index (χ3v) is 4.87. The molecule has 6 nitrogen and oxygen atoms in total. The van der Waals surface area contributed by atoms with Crippen molar-refractivity contribution in [1.29, 1.82) is 0 Å². The van der Waals surface area contributed by atoms with Crippen molar-refractivity contribution in [1.82, 2.24) is 15.0 Å². The number of piperidine rings is 1. The largest absolute Gasteiger partial charge is 0.496 e. The molecule has 4 rings (SSSR count). The number of benzene rings is 1. The summed E-state index contributed by atoms with van der Waals surface area (Å²) in [6.07, 6.45) is 3.88. The van der Waals surface area contributed by atoms with Gasteiger partial charge >= 0.3 is 0 Å². The highest BCUT2D eigenvalue weighted by Crippen LogP contribution is 2.35. The number of ether oxygens (including phenoxy) is 1. The minimum atomic E-state index is 0.226. The van der Waals surface area contributed by atoms with Gasteiger partial charge in [-0.15, -0.1) is 0 Å². The van der Waals surface area contributed by atoms with Crippen LogP contribution in [-0.4, -0.2) is 41.1 Å². The Morgan fingerprint density at radius 1 is 1.21 bits per heavy atom. The Kier molecular flexibility index (Phi) is 3.96. The number of hydrogen-bond donors (Lipinski definition) is 0. The maximum atomic E-state index is 12.1. The highest BCUT2D eigenvalue weighted by atomic mass is 16.5. The summed E-state index contributed by atoms with van der Waals surface area (Å²) in [5.74, 6) is 2.79. The molecule has 0 bridgehead atoms. The van der Waals surface area contributed by atoms with Gasteiger partial charge in [-0.3, -0.25) is 4.79 Å². The molecule has 24 heavy (non-hydrogen) atoms. The lowest BCUT2D eigenvalue weighted by molar-refractivity contribution is -0.133. The first-order valence-corrected chi connectivity index (χ1v) is 8.52. The maximum absolute atomic E-state index is 12.1. The van der Waals surface area contributed by atoms with Crippen molar-refractivity contribution in [2.24, 2.45) is 5.92 Å². The number of amides is 1. The van der Waals surface area contributed by atoms with Crippen molar-refractivity contribution < 1.29 is 14.1 Å². The molecule has 1 aliphatic carbocycles. The quantitative estimate of drug-likeness (QED) is 0.864. The minimum absolute atomic E-state index is 0.226. The highest BCUT2D eigenvalue weighted by molar-refractivity contribution is 5.81. The van der Waals surface area contributed by atoms with Gasteiger partial charge in [-0.25, -0.2) is 0 Å². The molecule has 2 aromatic rings. The molecule has 1 amide bonds. The zero-order valence-electron chi connectivity index (χ0n) is 13.8. The van der Waals surface area contributed by atoms with Crippen LogP contribution in [0.5, 0.6) is 5.75 Å². The minimum Gasteiger partial charge on any atom is -0.496 e. The lowest BCUT2D eigenvalue weighted by atomic mass is 9.96. The molecule has 0 spiro atoms. The zero-order chi connectivity index (χ0) is 16.5. The van der Waals surface area contributed by atoms with E-state index in [0.717, 1.165) is 50.1 Å². The number of para-hydroxylation sites is 1. The SMILES string of the molecule is COc1ccccc1-c1noc(C2CCN(C(=O)C3CC3)CC2)n1. The highest BCUT2D eigenvalue weighted by Gasteiger charge is 2.36. The van der Waals surface area contributed by atoms with Crippen molar-refractivity contribution >= 4 is 5.91 Å². The third-order valence-electron chi connectivity index (χ3n) is 4.87. The summed E-state index contributed by atoms with van der Waals surface area (Å²) in [7, 11) is 1.63. The first kappa shape index (κ1) is 15.2. The Morgan fingerprint density at radius 3 is 2.67 bits per heavy atom. The van der Waals surface area contributed by atoms with Gasteiger partial charge in [-0.1, -0.05) is 17.3 Å². The number of nitrogens with zero attached hydrogens (tertiary/aromatic N) is 3. The van der Waals surface area contributed by atoms with Gasteiger partial charge in [0.05, 0.1) is 12.7 Å². The molecule has 6 heteroatoms. The average molecular weight is 327 g/mol. The van der Waals surface area contributed by atoms with Crippen LogP contribution in [0, 0.1) is 5.92 Å². The maximum Gasteiger partial charge on any atom is 0.230 e. The van der Waals surface area contributed by atoms with Gasteiger partial charge in [0.2, 0.25) is 17.6 Å². The fourth-order valence-electron chi connectivity index (χ4n) is 3.28. The van der Waals surface area contributed by atoms with E-state index in [9.17, 15) is 4.79 Å². The molecule has 126 valence electrons. The first-order chi connectivity index (χ1) is 11.8. The predicted molar refractivity (Wildman–Crippen MR) is 87.6 cm³/mol. The van der Waals surface area contributed by atoms with Crippen molar-refractivity contribution in [2.75, 3.05) is 20.2 Å². The Labute approximate surface area is 140 Å². The second kappa shape index (κ2) is 6.26. The van der Waals surface area contributed by atoms with Crippen LogP contribution in [0.4, 0.5) is 0 Å². The monoisotopic (exact) mass is 327 g/mol. The number of carbonyl (C=O) groups is 1. The van der Waals surface area contributed by atoms with Crippen LogP contribution in [-0.2, 0) is 4.79 Å². The molecule has 1 aromatic carbocycles. The van der Waals surface area contributed by atoms with E-state index >= 15 is 0 Å². The Morgan fingerprint density at radius 2 is 1.96 bits per heavy atom. The summed E-state index contributed by atoms with van der Waals surface area (Å²) >= 11 is 0. The number of hydrogen-bond acceptors (Lipinski definition) is 5. The van der Waals surface area contributed by atoms with Crippen LogP contribution in [0.2, 0.25) is 0 Å². The van der Waals surface area contributed by atoms with Gasteiger partial charge in [0.1, 0.15) is 5.75 Å². The van der Waals surface area contributed by atoms with Gasteiger partial charge in [0.15, 0.2) is 0 Å². The molecule has 0 atom stereocenters. The summed E-state index contributed by atoms with van der Waals surface area (Å²) in [4.78, 5) is 18.7. The Balaban J connectivity index is 1.45. The van der Waals surface area contributed by atoms with E-state index < -0.39 is 0 Å². The molecule has 2 fully saturated rings. The fraction of sp³-hybridized carbons (Fsp3) is 0.500. The van der Waals surface area contributed by atoms with E-state index in [1.807, 2.05) is 29.2 Å². The van der Waals surface area contributed by atoms with Gasteiger partial charge < -0.3 is 14.2 Å². The van der Waals surface area contributed by atoms with Crippen LogP contribution >= 0.6 is 0 Å². The Hall–Kier alpha value is -2.37. The average Bonchev–Trinajstić information content (AvgIpc) is 3.38. The van der Waals surface area contributed by atoms with Crippen LogP contribution in [0.25, 0.3) is 11.4 Å². The van der Waals surface area contributed by atoms with E-state index in [2.05, 4.69) is 10.1 Å². The summed E-state index contributed by atoms with van der Waals surface area (Å²) < 4.78 is 10.9. The van der Waals surface area contributed by atoms with Crippen LogP contribution in [0.3, 0.4) is 0 Å². The van der Waals surface area contributed by atoms with Crippen LogP contribution in [0.15, 0.2) is 28.8 Å². The molecule has 1 saturated carbocycles. The normalized spacial score (nSPS) is 18.6. The molecule has 2 aliphatic rings. The van der Waals surface area contributed by atoms with Crippen molar-refractivity contribution in [2.45, 2.75) is 31.6 Å². The van der Waals surface area contributed by atoms with E-state index in [4.69, 9.17) is 9.26 Å². The van der Waals surface area contributed by atoms with Gasteiger partial charge in [0.25, 0.3) is 0 Å². The second-order valence-electron chi connectivity index (χ2n) is 6.53. The molecule has 0 radical (unpaired) electrons. The van der Waals surface area contributed by atoms with E-state index in [0.29, 0.717) is 23.5 Å². The molecular formula is C18H21N3O3. The first-order valence-electron chi connectivity index (χ1n) is 8.52. The predicted octanol–water partition coefficient (Wildman–Crippen LogP) is 2.86. The molecule has 0 N–H and O–H groups in total. The summed E-state index contributed by atoms with van der Waals surface area (Å²) in [5, 5.41) is 4.12. The van der Waals surface area contributed by atoms with Crippen molar-refractivity contribution in [3.63, 3.8) is 0 Å². The molecule has 1 aromatic heterocycles. The summed E-state index contributed by atoms with van der Waals surface area (Å²) in [5.41, 5.74) is 0.830. The van der Waals surface area contributed by atoms with E-state index in [1.165, 1.54) is 0 Å². The van der Waals surface area contributed by atoms with E-state index in [-0.39, 0.29) is 5.92 Å². The standard InChI is InChI=1S/C18H21N3O3/c1-23-15-5-3-2-4-14(15)16-19-17(24-20-16)12-8-10-21(11-9-12)18(22)13-6-7-13/h2-5,12-13H,6-11H2,1H3. The number of rotatable bonds is 4. The molecular weight excluding hydrogens is 306 g/mol. The zero-order valence-corrected chi connectivity index (χ0v) is 13.8. The summed E-state index contributed by atoms with van der Waals surface area (Å²) in [6.45, 7) is 1.57. The van der Waals surface area contributed by atoms with Gasteiger partial charge in [0, 0.05) is 24.9 Å². The van der Waals surface area contributed by atoms with Gasteiger partial charge in [-0.05, 0) is 37.8 Å². The Bertz CT molecular complexity index is 731.